The van der Waals surface area contributed by atoms with Gasteiger partial charge in [0.05, 0.1) is 22.3 Å². The number of rotatable bonds is 8. The molecule has 0 aliphatic carbocycles. The van der Waals surface area contributed by atoms with Crippen molar-refractivity contribution in [2.75, 3.05) is 0 Å². The Hall–Kier alpha value is -7.13. The molecular weight excluding hydrogens is 950 g/mol. The van der Waals surface area contributed by atoms with Crippen LogP contribution in [0.1, 0.15) is 26.3 Å². The van der Waals surface area contributed by atoms with Crippen molar-refractivity contribution >= 4 is 11.0 Å². The molecule has 0 fully saturated rings. The van der Waals surface area contributed by atoms with Crippen LogP contribution in [0.5, 0.6) is 5.75 Å². The minimum Gasteiger partial charge on any atom is -0.507 e. The molecule has 2 aromatic heterocycles. The van der Waals surface area contributed by atoms with Crippen LogP contribution >= 0.6 is 0 Å². The van der Waals surface area contributed by atoms with Crippen LogP contribution in [0, 0.1) is 6.07 Å². The van der Waals surface area contributed by atoms with E-state index in [0.717, 1.165) is 83.6 Å². The Kier molecular flexibility index (Phi) is 11.3. The first kappa shape index (κ1) is 41.2. The van der Waals surface area contributed by atoms with Crippen molar-refractivity contribution in [2.45, 2.75) is 26.2 Å². The number of imidazole rings is 1. The first-order valence-corrected chi connectivity index (χ1v) is 21.0. The summed E-state index contributed by atoms with van der Waals surface area (Å²) in [6.45, 7) is 6.83. The molecule has 0 aliphatic rings. The second kappa shape index (κ2) is 17.3. The van der Waals surface area contributed by atoms with E-state index in [1.807, 2.05) is 36.5 Å². The Balaban J connectivity index is 0.00000504. The smallest absolute Gasteiger partial charge is 0.148 e. The summed E-state index contributed by atoms with van der Waals surface area (Å²) in [6.07, 6.45) is 1.88. The van der Waals surface area contributed by atoms with Gasteiger partial charge in [-0.3, -0.25) is 9.55 Å². The van der Waals surface area contributed by atoms with Crippen LogP contribution < -0.4 is 0 Å². The van der Waals surface area contributed by atoms with E-state index in [2.05, 4.69) is 195 Å². The van der Waals surface area contributed by atoms with Crippen molar-refractivity contribution in [1.82, 2.24) is 14.5 Å². The van der Waals surface area contributed by atoms with E-state index >= 15 is 0 Å². The topological polar surface area (TPSA) is 50.9 Å². The normalized spacial score (nSPS) is 11.3. The molecule has 10 rings (SSSR count). The maximum Gasteiger partial charge on any atom is 0.148 e. The van der Waals surface area contributed by atoms with E-state index in [9.17, 15) is 5.11 Å². The van der Waals surface area contributed by atoms with Gasteiger partial charge in [0.15, 0.2) is 0 Å². The average molecular weight is 994 g/mol. The zero-order valence-electron chi connectivity index (χ0n) is 35.2. The van der Waals surface area contributed by atoms with Gasteiger partial charge in [-0.05, 0) is 80.8 Å². The maximum atomic E-state index is 11.6. The zero-order chi connectivity index (χ0) is 42.2. The molecule has 308 valence electrons. The molecule has 0 radical (unpaired) electrons. The van der Waals surface area contributed by atoms with Crippen molar-refractivity contribution in [1.29, 1.82) is 0 Å². The Bertz CT molecular complexity index is 3210. The summed E-state index contributed by atoms with van der Waals surface area (Å²) in [6, 6.07) is 73.0. The molecule has 1 N–H and O–H groups in total. The van der Waals surface area contributed by atoms with E-state index < -0.39 is 0 Å². The van der Waals surface area contributed by atoms with Crippen LogP contribution in [0.15, 0.2) is 206 Å². The Morgan fingerprint density at radius 3 is 1.67 bits per heavy atom. The number of hydrogen-bond acceptors (Lipinski definition) is 3. The minimum atomic E-state index is -0.162. The van der Waals surface area contributed by atoms with Crippen LogP contribution in [0.4, 0.5) is 0 Å². The van der Waals surface area contributed by atoms with E-state index in [1.54, 1.807) is 6.07 Å². The third-order valence-corrected chi connectivity index (χ3v) is 11.6. The third kappa shape index (κ3) is 8.07. The van der Waals surface area contributed by atoms with Gasteiger partial charge in [-0.2, -0.15) is 0 Å². The standard InChI is InChI=1S/C58H44N3O.Pt/c1-58(2,3)51-37-50(42-25-14-7-15-26-42)54(38-49(51)41-23-12-6-13-24-41)61-53-29-18-28-47(56(53)60-57(61)48-27-16-17-30-55(48)62)45-33-44(40-21-10-5-11-22-40)34-46(35-45)52-36-43(31-32-59-52)39-19-8-4-9-20-39;/h4-34,36-38,62H,1-3H3;/q-1;. The molecular formula is C58H44N3OPt-. The maximum absolute atomic E-state index is 11.6. The Morgan fingerprint density at radius 2 is 1.03 bits per heavy atom. The van der Waals surface area contributed by atoms with Gasteiger partial charge < -0.3 is 5.11 Å². The molecule has 0 amide bonds. The first-order valence-electron chi connectivity index (χ1n) is 21.0. The molecule has 2 heterocycles. The fraction of sp³-hybridized carbons (Fsp3) is 0.0690. The van der Waals surface area contributed by atoms with E-state index in [4.69, 9.17) is 9.97 Å². The number of fused-ring (bicyclic) bond motifs is 1. The van der Waals surface area contributed by atoms with Crippen LogP contribution in [0.3, 0.4) is 0 Å². The monoisotopic (exact) mass is 993 g/mol. The number of nitrogens with zero attached hydrogens (tertiary/aromatic N) is 3. The van der Waals surface area contributed by atoms with Gasteiger partial charge >= 0.3 is 0 Å². The fourth-order valence-corrected chi connectivity index (χ4v) is 8.54. The van der Waals surface area contributed by atoms with Gasteiger partial charge in [0, 0.05) is 38.5 Å². The molecule has 0 atom stereocenters. The molecule has 0 saturated carbocycles. The predicted octanol–water partition coefficient (Wildman–Crippen LogP) is 14.9. The number of aromatic hydroxyl groups is 1. The van der Waals surface area contributed by atoms with Crippen LogP contribution in [0.2, 0.25) is 0 Å². The number of phenols is 1. The third-order valence-electron chi connectivity index (χ3n) is 11.6. The quantitative estimate of drug-likeness (QED) is 0.154. The summed E-state index contributed by atoms with van der Waals surface area (Å²) in [4.78, 5) is 10.4. The number of phenolic OH excluding ortho intramolecular Hbond substituents is 1. The van der Waals surface area contributed by atoms with Crippen molar-refractivity contribution in [3.8, 4) is 89.7 Å². The van der Waals surface area contributed by atoms with Gasteiger partial charge in [0.25, 0.3) is 0 Å². The van der Waals surface area contributed by atoms with Gasteiger partial charge in [-0.1, -0.05) is 189 Å². The molecule has 0 bridgehead atoms. The second-order valence-electron chi connectivity index (χ2n) is 16.7. The van der Waals surface area contributed by atoms with Gasteiger partial charge in [0.1, 0.15) is 11.6 Å². The summed E-state index contributed by atoms with van der Waals surface area (Å²) in [5.74, 6) is 0.799. The summed E-state index contributed by atoms with van der Waals surface area (Å²) in [5.41, 5.74) is 16.7. The number of hydrogen-bond donors (Lipinski definition) is 1. The molecule has 63 heavy (non-hydrogen) atoms. The number of pyridine rings is 1. The first-order chi connectivity index (χ1) is 30.3. The van der Waals surface area contributed by atoms with Gasteiger partial charge in [-0.15, -0.1) is 23.8 Å². The molecule has 8 aromatic carbocycles. The largest absolute Gasteiger partial charge is 0.507 e. The second-order valence-corrected chi connectivity index (χ2v) is 16.7. The van der Waals surface area contributed by atoms with Crippen molar-refractivity contribution in [3.05, 3.63) is 218 Å². The summed E-state index contributed by atoms with van der Waals surface area (Å²) in [5, 5.41) is 11.6. The van der Waals surface area contributed by atoms with E-state index in [-0.39, 0.29) is 32.2 Å². The van der Waals surface area contributed by atoms with E-state index in [1.165, 1.54) is 5.56 Å². The van der Waals surface area contributed by atoms with Gasteiger partial charge in [0.2, 0.25) is 0 Å². The molecule has 10 aromatic rings. The minimum absolute atomic E-state index is 0. The van der Waals surface area contributed by atoms with Crippen molar-refractivity contribution in [2.24, 2.45) is 0 Å². The molecule has 0 unspecified atom stereocenters. The molecule has 0 spiro atoms. The molecule has 0 aliphatic heterocycles. The predicted molar refractivity (Wildman–Crippen MR) is 256 cm³/mol. The molecule has 5 heteroatoms. The van der Waals surface area contributed by atoms with Crippen molar-refractivity contribution in [3.63, 3.8) is 0 Å². The summed E-state index contributed by atoms with van der Waals surface area (Å²) >= 11 is 0. The van der Waals surface area contributed by atoms with Crippen LogP contribution in [-0.4, -0.2) is 19.6 Å². The summed E-state index contributed by atoms with van der Waals surface area (Å²) < 4.78 is 2.24. The number of aromatic nitrogens is 3. The van der Waals surface area contributed by atoms with E-state index in [0.29, 0.717) is 11.4 Å². The number of para-hydroxylation sites is 2. The van der Waals surface area contributed by atoms with Crippen LogP contribution in [-0.2, 0) is 26.5 Å². The van der Waals surface area contributed by atoms with Crippen LogP contribution in [0.25, 0.3) is 95.0 Å². The SMILES string of the molecule is CC(C)(C)c1cc(-c2ccccc2)c(-n2c(-c3ccccc3O)nc3c(-c4[c-]c(-c5cc(-c6ccccc6)ccn5)cc(-c5ccccc5)c4)cccc32)cc1-c1ccccc1.[Pt]. The Morgan fingerprint density at radius 1 is 0.476 bits per heavy atom. The molecule has 4 nitrogen and oxygen atoms in total. The van der Waals surface area contributed by atoms with Gasteiger partial charge in [-0.25, -0.2) is 4.98 Å². The average Bonchev–Trinajstić information content (AvgIpc) is 3.71. The van der Waals surface area contributed by atoms with Crippen molar-refractivity contribution < 1.29 is 26.2 Å². The summed E-state index contributed by atoms with van der Waals surface area (Å²) in [7, 11) is 0. The zero-order valence-corrected chi connectivity index (χ0v) is 37.5. The fourth-order valence-electron chi connectivity index (χ4n) is 8.54. The number of benzene rings is 8. The Labute approximate surface area is 383 Å². The molecule has 0 saturated heterocycles.